The maximum Gasteiger partial charge on any atom is 0.264 e. The summed E-state index contributed by atoms with van der Waals surface area (Å²) in [7, 11) is -2.75. The van der Waals surface area contributed by atoms with Crippen molar-refractivity contribution in [2.45, 2.75) is 50.2 Å². The Morgan fingerprint density at radius 2 is 1.43 bits per heavy atom. The van der Waals surface area contributed by atoms with Crippen molar-refractivity contribution in [3.8, 4) is 5.75 Å². The number of halogens is 2. The Morgan fingerprint density at radius 3 is 2.00 bits per heavy atom. The van der Waals surface area contributed by atoms with Gasteiger partial charge < -0.3 is 15.0 Å². The second-order valence-corrected chi connectivity index (χ2v) is 14.4. The summed E-state index contributed by atoms with van der Waals surface area (Å²) in [6, 6.07) is 27.6. The molecule has 0 radical (unpaired) electrons. The van der Waals surface area contributed by atoms with Crippen molar-refractivity contribution < 1.29 is 22.7 Å². The topological polar surface area (TPSA) is 96.0 Å². The summed E-state index contributed by atoms with van der Waals surface area (Å²) in [5, 5.41) is 3.64. The number of carbonyl (C=O) groups excluding carboxylic acids is 2. The molecule has 0 fully saturated rings. The average Bonchev–Trinajstić information content (AvgIpc) is 3.03. The van der Waals surface area contributed by atoms with Gasteiger partial charge in [-0.3, -0.25) is 13.9 Å². The van der Waals surface area contributed by atoms with Crippen LogP contribution in [0.15, 0.2) is 108 Å². The largest absolute Gasteiger partial charge is 0.497 e. The van der Waals surface area contributed by atoms with Gasteiger partial charge in [0.2, 0.25) is 11.8 Å². The van der Waals surface area contributed by atoms with Gasteiger partial charge in [-0.2, -0.15) is 0 Å². The van der Waals surface area contributed by atoms with E-state index < -0.39 is 34.1 Å². The number of benzene rings is 4. The molecule has 2 amide bonds. The quantitative estimate of drug-likeness (QED) is 0.178. The highest BCUT2D eigenvalue weighted by Gasteiger charge is 2.35. The SMILES string of the molecule is COc1ccc(S(=O)(=O)N(CC(=O)N(Cc2ccc(Cl)c(Cl)c2)[C@H](Cc2ccccc2)C(=O)NC(C)(C)C)c2ccccc2)cc1. The zero-order valence-corrected chi connectivity index (χ0v) is 28.4. The Kier molecular flexibility index (Phi) is 11.4. The molecule has 1 atom stereocenters. The molecule has 242 valence electrons. The van der Waals surface area contributed by atoms with Crippen molar-refractivity contribution in [1.82, 2.24) is 10.2 Å². The van der Waals surface area contributed by atoms with E-state index in [2.05, 4.69) is 5.32 Å². The highest BCUT2D eigenvalue weighted by molar-refractivity contribution is 7.92. The van der Waals surface area contributed by atoms with Crippen molar-refractivity contribution in [2.24, 2.45) is 0 Å². The zero-order valence-electron chi connectivity index (χ0n) is 26.1. The van der Waals surface area contributed by atoms with Crippen molar-refractivity contribution in [1.29, 1.82) is 0 Å². The lowest BCUT2D eigenvalue weighted by Gasteiger charge is -2.35. The minimum absolute atomic E-state index is 0.0210. The van der Waals surface area contributed by atoms with Crippen molar-refractivity contribution in [3.05, 3.63) is 124 Å². The second-order valence-electron chi connectivity index (χ2n) is 11.7. The molecule has 46 heavy (non-hydrogen) atoms. The van der Waals surface area contributed by atoms with Gasteiger partial charge in [0.05, 0.1) is 27.7 Å². The van der Waals surface area contributed by atoms with E-state index in [-0.39, 0.29) is 23.8 Å². The number of hydrogen-bond donors (Lipinski definition) is 1. The van der Waals surface area contributed by atoms with Gasteiger partial charge in [0.15, 0.2) is 0 Å². The lowest BCUT2D eigenvalue weighted by molar-refractivity contribution is -0.140. The standard InChI is InChI=1S/C35H37Cl2N3O5S/c1-35(2,3)38-34(42)32(22-25-11-7-5-8-12-25)39(23-26-15-20-30(36)31(37)21-26)33(41)24-40(27-13-9-6-10-14-27)46(43,44)29-18-16-28(45-4)17-19-29/h5-21,32H,22-24H2,1-4H3,(H,38,42)/t32-/m1/s1. The molecular formula is C35H37Cl2N3O5S. The number of carbonyl (C=O) groups is 2. The number of nitrogens with zero attached hydrogens (tertiary/aromatic N) is 2. The number of methoxy groups -OCH3 is 1. The maximum absolute atomic E-state index is 14.5. The van der Waals surface area contributed by atoms with Gasteiger partial charge in [-0.1, -0.05) is 77.8 Å². The molecule has 4 aromatic carbocycles. The smallest absolute Gasteiger partial charge is 0.264 e. The Labute approximate surface area is 280 Å². The summed E-state index contributed by atoms with van der Waals surface area (Å²) < 4.78 is 34.5. The third kappa shape index (κ3) is 9.02. The fourth-order valence-corrected chi connectivity index (χ4v) is 6.57. The van der Waals surface area contributed by atoms with Crippen molar-refractivity contribution in [2.75, 3.05) is 18.0 Å². The number of hydrogen-bond acceptors (Lipinski definition) is 5. The predicted octanol–water partition coefficient (Wildman–Crippen LogP) is 6.75. The number of rotatable bonds is 12. The summed E-state index contributed by atoms with van der Waals surface area (Å²) in [4.78, 5) is 29.9. The Morgan fingerprint density at radius 1 is 0.826 bits per heavy atom. The summed E-state index contributed by atoms with van der Waals surface area (Å²) in [5.41, 5.74) is 1.14. The van der Waals surface area contributed by atoms with Crippen LogP contribution >= 0.6 is 23.2 Å². The van der Waals surface area contributed by atoms with Crippen LogP contribution in [0.3, 0.4) is 0 Å². The first kappa shape index (κ1) is 34.8. The molecule has 0 aliphatic carbocycles. The molecule has 0 heterocycles. The number of ether oxygens (including phenoxy) is 1. The van der Waals surface area contributed by atoms with E-state index in [1.165, 1.54) is 24.1 Å². The van der Waals surface area contributed by atoms with Crippen molar-refractivity contribution >= 4 is 50.7 Å². The molecule has 4 aromatic rings. The van der Waals surface area contributed by atoms with Gasteiger partial charge in [0.25, 0.3) is 10.0 Å². The maximum atomic E-state index is 14.5. The van der Waals surface area contributed by atoms with E-state index in [4.69, 9.17) is 27.9 Å². The average molecular weight is 683 g/mol. The molecule has 4 rings (SSSR count). The van der Waals surface area contributed by atoms with Crippen LogP contribution in [0.5, 0.6) is 5.75 Å². The van der Waals surface area contributed by atoms with Crippen LogP contribution in [0.2, 0.25) is 10.0 Å². The molecule has 8 nitrogen and oxygen atoms in total. The van der Waals surface area contributed by atoms with Crippen LogP contribution in [0, 0.1) is 0 Å². The van der Waals surface area contributed by atoms with Gasteiger partial charge in [0, 0.05) is 18.5 Å². The Bertz CT molecular complexity index is 1750. The normalized spacial score (nSPS) is 12.2. The number of sulfonamides is 1. The van der Waals surface area contributed by atoms with Crippen LogP contribution < -0.4 is 14.4 Å². The molecular weight excluding hydrogens is 645 g/mol. The molecule has 0 bridgehead atoms. The van der Waals surface area contributed by atoms with Gasteiger partial charge in [-0.05, 0) is 80.4 Å². The molecule has 11 heteroatoms. The summed E-state index contributed by atoms with van der Waals surface area (Å²) in [5.74, 6) is -0.478. The Balaban J connectivity index is 1.81. The lowest BCUT2D eigenvalue weighted by atomic mass is 10.0. The van der Waals surface area contributed by atoms with Gasteiger partial charge >= 0.3 is 0 Å². The van der Waals surface area contributed by atoms with Crippen LogP contribution in [-0.2, 0) is 32.6 Å². The molecule has 0 saturated carbocycles. The van der Waals surface area contributed by atoms with E-state index in [0.717, 1.165) is 9.87 Å². The van der Waals surface area contributed by atoms with Gasteiger partial charge in [-0.25, -0.2) is 8.42 Å². The number of anilines is 1. The highest BCUT2D eigenvalue weighted by Crippen LogP contribution is 2.28. The van der Waals surface area contributed by atoms with E-state index in [0.29, 0.717) is 27.0 Å². The monoisotopic (exact) mass is 681 g/mol. The zero-order chi connectivity index (χ0) is 33.5. The van der Waals surface area contributed by atoms with E-state index in [9.17, 15) is 18.0 Å². The molecule has 0 aliphatic heterocycles. The van der Waals surface area contributed by atoms with Crippen LogP contribution in [0.4, 0.5) is 5.69 Å². The molecule has 0 spiro atoms. The fourth-order valence-electron chi connectivity index (χ4n) is 4.84. The second kappa shape index (κ2) is 15.0. The van der Waals surface area contributed by atoms with Crippen LogP contribution in [0.25, 0.3) is 0 Å². The number of nitrogens with one attached hydrogen (secondary N) is 1. The van der Waals surface area contributed by atoms with Crippen LogP contribution in [-0.4, -0.2) is 50.4 Å². The number of para-hydroxylation sites is 1. The third-order valence-corrected chi connectivity index (χ3v) is 9.60. The minimum atomic E-state index is -4.24. The minimum Gasteiger partial charge on any atom is -0.497 e. The first-order valence-electron chi connectivity index (χ1n) is 14.6. The first-order chi connectivity index (χ1) is 21.8. The lowest BCUT2D eigenvalue weighted by Crippen LogP contribution is -2.56. The van der Waals surface area contributed by atoms with Crippen molar-refractivity contribution in [3.63, 3.8) is 0 Å². The van der Waals surface area contributed by atoms with E-state index in [1.807, 2.05) is 51.1 Å². The summed E-state index contributed by atoms with van der Waals surface area (Å²) in [6.07, 6.45) is 0.187. The Hall–Kier alpha value is -4.05. The highest BCUT2D eigenvalue weighted by atomic mass is 35.5. The fraction of sp³-hybridized carbons (Fsp3) is 0.257. The van der Waals surface area contributed by atoms with Crippen LogP contribution in [0.1, 0.15) is 31.9 Å². The molecule has 1 N–H and O–H groups in total. The summed E-state index contributed by atoms with van der Waals surface area (Å²) in [6.45, 7) is 4.96. The molecule has 0 saturated heterocycles. The number of amides is 2. The molecule has 0 unspecified atom stereocenters. The third-order valence-electron chi connectivity index (χ3n) is 7.08. The predicted molar refractivity (Wildman–Crippen MR) is 183 cm³/mol. The van der Waals surface area contributed by atoms with E-state index >= 15 is 0 Å². The van der Waals surface area contributed by atoms with E-state index in [1.54, 1.807) is 60.7 Å². The molecule has 0 aliphatic rings. The van der Waals surface area contributed by atoms with Gasteiger partial charge in [0.1, 0.15) is 18.3 Å². The molecule has 0 aromatic heterocycles. The summed E-state index contributed by atoms with van der Waals surface area (Å²) >= 11 is 12.5. The van der Waals surface area contributed by atoms with Gasteiger partial charge in [-0.15, -0.1) is 0 Å². The first-order valence-corrected chi connectivity index (χ1v) is 16.8.